The zero-order valence-corrected chi connectivity index (χ0v) is 13.8. The maximum absolute atomic E-state index is 6.04. The van der Waals surface area contributed by atoms with Gasteiger partial charge in [-0.15, -0.1) is 0 Å². The van der Waals surface area contributed by atoms with Gasteiger partial charge in [-0.25, -0.2) is 0 Å². The Hall–Kier alpha value is -1.000. The van der Waals surface area contributed by atoms with Crippen LogP contribution in [-0.4, -0.2) is 9.78 Å². The number of benzene rings is 1. The first kappa shape index (κ1) is 14.4. The van der Waals surface area contributed by atoms with Crippen LogP contribution in [0.3, 0.4) is 0 Å². The molecule has 0 aliphatic heterocycles. The first-order valence-electron chi connectivity index (χ1n) is 6.12. The lowest BCUT2D eigenvalue weighted by Crippen LogP contribution is -2.09. The van der Waals surface area contributed by atoms with Gasteiger partial charge in [-0.05, 0) is 54.9 Å². The molecule has 102 valence electrons. The van der Waals surface area contributed by atoms with E-state index in [4.69, 9.17) is 11.6 Å². The van der Waals surface area contributed by atoms with Crippen molar-refractivity contribution in [2.24, 2.45) is 7.05 Å². The lowest BCUT2D eigenvalue weighted by molar-refractivity contribution is 0.728. The van der Waals surface area contributed by atoms with Gasteiger partial charge in [0.05, 0.1) is 17.4 Å². The van der Waals surface area contributed by atoms with E-state index in [-0.39, 0.29) is 6.04 Å². The highest BCUT2D eigenvalue weighted by Crippen LogP contribution is 2.31. The Morgan fingerprint density at radius 2 is 2.05 bits per heavy atom. The molecule has 0 bridgehead atoms. The summed E-state index contributed by atoms with van der Waals surface area (Å²) < 4.78 is 2.92. The van der Waals surface area contributed by atoms with E-state index in [0.29, 0.717) is 0 Å². The molecule has 0 aliphatic rings. The average molecular weight is 343 g/mol. The van der Waals surface area contributed by atoms with E-state index in [0.717, 1.165) is 20.9 Å². The Balaban J connectivity index is 2.30. The predicted octanol–water partition coefficient (Wildman–Crippen LogP) is 4.63. The molecule has 0 amide bonds. The highest BCUT2D eigenvalue weighted by atomic mass is 79.9. The van der Waals surface area contributed by atoms with E-state index >= 15 is 0 Å². The highest BCUT2D eigenvalue weighted by molar-refractivity contribution is 9.10. The number of nitrogens with one attached hydrogen (secondary N) is 1. The van der Waals surface area contributed by atoms with E-state index in [1.165, 1.54) is 11.3 Å². The van der Waals surface area contributed by atoms with Crippen LogP contribution in [0.15, 0.2) is 22.7 Å². The fourth-order valence-corrected chi connectivity index (χ4v) is 2.86. The molecule has 0 radical (unpaired) electrons. The van der Waals surface area contributed by atoms with Crippen molar-refractivity contribution in [1.29, 1.82) is 0 Å². The summed E-state index contributed by atoms with van der Waals surface area (Å²) in [5.41, 5.74) is 4.45. The fraction of sp³-hybridized carbons (Fsp3) is 0.357. The van der Waals surface area contributed by atoms with Crippen molar-refractivity contribution in [2.45, 2.75) is 26.8 Å². The first-order valence-corrected chi connectivity index (χ1v) is 7.29. The van der Waals surface area contributed by atoms with Crippen molar-refractivity contribution >= 4 is 33.2 Å². The second-order valence-corrected chi connectivity index (χ2v) is 5.99. The molecule has 19 heavy (non-hydrogen) atoms. The molecule has 0 saturated heterocycles. The molecule has 1 N–H and O–H groups in total. The molecular formula is C14H17BrClN3. The minimum absolute atomic E-state index is 0.170. The van der Waals surface area contributed by atoms with Crippen LogP contribution in [0.25, 0.3) is 0 Å². The molecule has 2 aromatic rings. The van der Waals surface area contributed by atoms with Gasteiger partial charge < -0.3 is 5.32 Å². The normalized spacial score (nSPS) is 12.5. The summed E-state index contributed by atoms with van der Waals surface area (Å²) in [7, 11) is 1.97. The third-order valence-electron chi connectivity index (χ3n) is 3.30. The molecule has 0 spiro atoms. The maximum Gasteiger partial charge on any atom is 0.0649 e. The van der Waals surface area contributed by atoms with Crippen LogP contribution in [0.5, 0.6) is 0 Å². The minimum atomic E-state index is 0.170. The van der Waals surface area contributed by atoms with Gasteiger partial charge in [0.25, 0.3) is 0 Å². The standard InChI is InChI=1S/C14H17BrClN3/c1-8(14-9(2)18-19(4)10(14)3)17-13-7-11(16)5-6-12(13)15/h5-8,17H,1-4H3. The monoisotopic (exact) mass is 341 g/mol. The molecule has 5 heteroatoms. The molecule has 2 rings (SSSR count). The van der Waals surface area contributed by atoms with E-state index in [1.807, 2.05) is 36.9 Å². The van der Waals surface area contributed by atoms with Gasteiger partial charge in [0.15, 0.2) is 0 Å². The number of nitrogens with zero attached hydrogens (tertiary/aromatic N) is 2. The quantitative estimate of drug-likeness (QED) is 0.881. The fourth-order valence-electron chi connectivity index (χ4n) is 2.33. The maximum atomic E-state index is 6.04. The molecule has 0 saturated carbocycles. The van der Waals surface area contributed by atoms with Crippen LogP contribution >= 0.6 is 27.5 Å². The second-order valence-electron chi connectivity index (χ2n) is 4.70. The average Bonchev–Trinajstić information content (AvgIpc) is 2.58. The number of anilines is 1. The summed E-state index contributed by atoms with van der Waals surface area (Å²) in [6.45, 7) is 6.25. The molecule has 1 aromatic heterocycles. The SMILES string of the molecule is Cc1nn(C)c(C)c1C(C)Nc1cc(Cl)ccc1Br. The van der Waals surface area contributed by atoms with Crippen molar-refractivity contribution in [1.82, 2.24) is 9.78 Å². The molecule has 0 fully saturated rings. The van der Waals surface area contributed by atoms with E-state index in [2.05, 4.69) is 40.2 Å². The smallest absolute Gasteiger partial charge is 0.0649 e. The van der Waals surface area contributed by atoms with E-state index in [1.54, 1.807) is 0 Å². The van der Waals surface area contributed by atoms with Crippen LogP contribution in [0.1, 0.15) is 29.9 Å². The number of rotatable bonds is 3. The van der Waals surface area contributed by atoms with E-state index < -0.39 is 0 Å². The highest BCUT2D eigenvalue weighted by Gasteiger charge is 2.16. The van der Waals surface area contributed by atoms with Gasteiger partial charge in [0, 0.05) is 27.8 Å². The molecular weight excluding hydrogens is 326 g/mol. The van der Waals surface area contributed by atoms with Crippen LogP contribution in [0.4, 0.5) is 5.69 Å². The summed E-state index contributed by atoms with van der Waals surface area (Å²) in [5.74, 6) is 0. The summed E-state index contributed by atoms with van der Waals surface area (Å²) in [4.78, 5) is 0. The number of hydrogen-bond donors (Lipinski definition) is 1. The molecule has 3 nitrogen and oxygen atoms in total. The molecule has 0 aliphatic carbocycles. The Morgan fingerprint density at radius 1 is 1.37 bits per heavy atom. The lowest BCUT2D eigenvalue weighted by Gasteiger charge is -2.17. The third-order valence-corrected chi connectivity index (χ3v) is 4.23. The second kappa shape index (κ2) is 5.55. The molecule has 1 heterocycles. The van der Waals surface area contributed by atoms with Gasteiger partial charge in [-0.2, -0.15) is 5.10 Å². The Morgan fingerprint density at radius 3 is 2.63 bits per heavy atom. The summed E-state index contributed by atoms with van der Waals surface area (Å²) in [6.07, 6.45) is 0. The van der Waals surface area contributed by atoms with Crippen LogP contribution < -0.4 is 5.32 Å². The molecule has 1 aromatic carbocycles. The Kier molecular flexibility index (Phi) is 4.21. The Bertz CT molecular complexity index is 607. The number of hydrogen-bond acceptors (Lipinski definition) is 2. The molecule has 1 unspecified atom stereocenters. The van der Waals surface area contributed by atoms with Crippen molar-refractivity contribution in [3.8, 4) is 0 Å². The van der Waals surface area contributed by atoms with Crippen molar-refractivity contribution in [2.75, 3.05) is 5.32 Å². The summed E-state index contributed by atoms with van der Waals surface area (Å²) >= 11 is 9.57. The van der Waals surface area contributed by atoms with Crippen LogP contribution in [-0.2, 0) is 7.05 Å². The van der Waals surface area contributed by atoms with Gasteiger partial charge >= 0.3 is 0 Å². The minimum Gasteiger partial charge on any atom is -0.377 e. The predicted molar refractivity (Wildman–Crippen MR) is 83.9 cm³/mol. The first-order chi connectivity index (χ1) is 8.90. The third kappa shape index (κ3) is 2.95. The summed E-state index contributed by atoms with van der Waals surface area (Å²) in [6, 6.07) is 5.90. The van der Waals surface area contributed by atoms with Crippen molar-refractivity contribution in [3.05, 3.63) is 44.6 Å². The Labute approximate surface area is 127 Å². The number of aryl methyl sites for hydroxylation is 2. The largest absolute Gasteiger partial charge is 0.377 e. The van der Waals surface area contributed by atoms with Crippen LogP contribution in [0, 0.1) is 13.8 Å². The van der Waals surface area contributed by atoms with Crippen molar-refractivity contribution in [3.63, 3.8) is 0 Å². The zero-order valence-electron chi connectivity index (χ0n) is 11.5. The van der Waals surface area contributed by atoms with Crippen LogP contribution in [0.2, 0.25) is 5.02 Å². The van der Waals surface area contributed by atoms with Gasteiger partial charge in [0.2, 0.25) is 0 Å². The van der Waals surface area contributed by atoms with Gasteiger partial charge in [0.1, 0.15) is 0 Å². The topological polar surface area (TPSA) is 29.9 Å². The zero-order chi connectivity index (χ0) is 14.2. The van der Waals surface area contributed by atoms with Gasteiger partial charge in [-0.1, -0.05) is 11.6 Å². The van der Waals surface area contributed by atoms with E-state index in [9.17, 15) is 0 Å². The molecule has 1 atom stereocenters. The summed E-state index contributed by atoms with van der Waals surface area (Å²) in [5, 5.41) is 8.65. The number of halogens is 2. The number of aromatic nitrogens is 2. The lowest BCUT2D eigenvalue weighted by atomic mass is 10.1. The van der Waals surface area contributed by atoms with Gasteiger partial charge in [-0.3, -0.25) is 4.68 Å². The van der Waals surface area contributed by atoms with Crippen molar-refractivity contribution < 1.29 is 0 Å².